The summed E-state index contributed by atoms with van der Waals surface area (Å²) in [4.78, 5) is 55.8. The fourth-order valence-electron chi connectivity index (χ4n) is 7.06. The van der Waals surface area contributed by atoms with Crippen LogP contribution in [0, 0.1) is 0 Å². The Morgan fingerprint density at radius 3 is 2.52 bits per heavy atom. The molecule has 3 aromatic carbocycles. The number of carbonyl (C=O) groups excluding carboxylic acids is 4. The number of aromatic nitrogens is 4. The molecule has 1 fully saturated rings. The van der Waals surface area contributed by atoms with Crippen LogP contribution in [-0.4, -0.2) is 61.0 Å². The van der Waals surface area contributed by atoms with E-state index < -0.39 is 6.04 Å². The molecule has 13 nitrogen and oxygen atoms in total. The number of hydrogen-bond acceptors (Lipinski definition) is 7. The van der Waals surface area contributed by atoms with Gasteiger partial charge in [-0.25, -0.2) is 9.78 Å². The van der Waals surface area contributed by atoms with Gasteiger partial charge < -0.3 is 15.0 Å². The molecule has 0 bridgehead atoms. The number of benzene rings is 3. The molecule has 13 heteroatoms. The smallest absolute Gasteiger partial charge is 0.324 e. The number of ether oxygens (including phenoxy) is 1. The zero-order valence-electron chi connectivity index (χ0n) is 30.9. The maximum absolute atomic E-state index is 13.1. The number of unbranched alkanes of at least 4 members (excludes halogenated alkanes) is 4. The lowest BCUT2D eigenvalue weighted by Gasteiger charge is -2.29. The van der Waals surface area contributed by atoms with Crippen molar-refractivity contribution in [2.24, 2.45) is 0 Å². The number of imide groups is 1. The van der Waals surface area contributed by atoms with Crippen molar-refractivity contribution in [2.75, 3.05) is 17.2 Å². The van der Waals surface area contributed by atoms with Crippen molar-refractivity contribution in [3.8, 4) is 11.4 Å². The third-order valence-corrected chi connectivity index (χ3v) is 10.1. The van der Waals surface area contributed by atoms with Gasteiger partial charge in [-0.15, -0.1) is 0 Å². The minimum absolute atomic E-state index is 0.0970. The number of piperidine rings is 1. The van der Waals surface area contributed by atoms with E-state index in [1.807, 2.05) is 65.2 Å². The predicted molar refractivity (Wildman–Crippen MR) is 206 cm³/mol. The molecule has 5 aromatic rings. The number of nitrogens with one attached hydrogen (secondary N) is 4. The summed E-state index contributed by atoms with van der Waals surface area (Å²) >= 11 is 0. The van der Waals surface area contributed by atoms with E-state index in [1.54, 1.807) is 11.2 Å². The molecule has 280 valence electrons. The van der Waals surface area contributed by atoms with Crippen LogP contribution in [0.3, 0.4) is 0 Å². The molecular weight excluding hydrogens is 685 g/mol. The molecule has 1 saturated heterocycles. The Morgan fingerprint density at radius 2 is 1.74 bits per heavy atom. The number of rotatable bonds is 13. The van der Waals surface area contributed by atoms with Gasteiger partial charge in [0.2, 0.25) is 11.8 Å². The van der Waals surface area contributed by atoms with Crippen LogP contribution in [0.2, 0.25) is 0 Å². The van der Waals surface area contributed by atoms with Crippen LogP contribution >= 0.6 is 0 Å². The minimum Gasteiger partial charge on any atom is -0.494 e. The Kier molecular flexibility index (Phi) is 10.5. The number of imidazole rings is 1. The van der Waals surface area contributed by atoms with Crippen LogP contribution in [-0.2, 0) is 28.0 Å². The van der Waals surface area contributed by atoms with E-state index in [2.05, 4.69) is 58.0 Å². The molecule has 5 amide bonds. The second-order valence-electron chi connectivity index (χ2n) is 15.0. The summed E-state index contributed by atoms with van der Waals surface area (Å²) < 4.78 is 8.06. The van der Waals surface area contributed by atoms with Crippen molar-refractivity contribution in [3.05, 3.63) is 95.4 Å². The SMILES string of the molecule is CC(C)(C)c1cc(NC(=O)Nc2ccc(-n3cnc4cc(OCCCCCCCc5cccc6c5CN(C5CCC(=O)NC5=O)C6=O)ccc43)cc2)n[nH]1. The van der Waals surface area contributed by atoms with Gasteiger partial charge in [-0.1, -0.05) is 52.2 Å². The summed E-state index contributed by atoms with van der Waals surface area (Å²) in [6.45, 7) is 7.25. The Morgan fingerprint density at radius 1 is 0.944 bits per heavy atom. The van der Waals surface area contributed by atoms with Crippen molar-refractivity contribution >= 4 is 46.3 Å². The van der Waals surface area contributed by atoms with Crippen LogP contribution in [0.15, 0.2) is 73.1 Å². The Hall–Kier alpha value is -5.98. The molecule has 0 aliphatic carbocycles. The normalized spacial score (nSPS) is 15.7. The van der Waals surface area contributed by atoms with Crippen molar-refractivity contribution in [2.45, 2.75) is 90.1 Å². The first-order chi connectivity index (χ1) is 26.0. The number of nitrogens with zero attached hydrogens (tertiary/aromatic N) is 4. The average Bonchev–Trinajstić information content (AvgIpc) is 3.87. The summed E-state index contributed by atoms with van der Waals surface area (Å²) in [5.74, 6) is 0.456. The summed E-state index contributed by atoms with van der Waals surface area (Å²) in [5, 5.41) is 15.1. The molecule has 2 aliphatic heterocycles. The quantitative estimate of drug-likeness (QED) is 0.0747. The number of urea groups is 1. The van der Waals surface area contributed by atoms with Crippen LogP contribution in [0.25, 0.3) is 16.7 Å². The van der Waals surface area contributed by atoms with E-state index in [4.69, 9.17) is 4.74 Å². The third-order valence-electron chi connectivity index (χ3n) is 10.1. The highest BCUT2D eigenvalue weighted by atomic mass is 16.5. The van der Waals surface area contributed by atoms with Crippen LogP contribution in [0.5, 0.6) is 5.75 Å². The van der Waals surface area contributed by atoms with Crippen molar-refractivity contribution in [1.82, 2.24) is 30.0 Å². The average molecular weight is 731 g/mol. The van der Waals surface area contributed by atoms with Gasteiger partial charge in [0.05, 0.1) is 17.6 Å². The van der Waals surface area contributed by atoms with E-state index in [0.717, 1.165) is 77.8 Å². The Balaban J connectivity index is 0.826. The molecule has 7 rings (SSSR count). The lowest BCUT2D eigenvalue weighted by atomic mass is 9.92. The molecule has 1 unspecified atom stereocenters. The van der Waals surface area contributed by atoms with Crippen molar-refractivity contribution < 1.29 is 23.9 Å². The van der Waals surface area contributed by atoms with Gasteiger partial charge in [-0.3, -0.25) is 34.7 Å². The van der Waals surface area contributed by atoms with Crippen LogP contribution in [0.4, 0.5) is 16.3 Å². The fraction of sp³-hybridized carbons (Fsp3) is 0.366. The van der Waals surface area contributed by atoms with Gasteiger partial charge in [-0.2, -0.15) is 5.10 Å². The second-order valence-corrected chi connectivity index (χ2v) is 15.0. The van der Waals surface area contributed by atoms with Gasteiger partial charge in [0.25, 0.3) is 5.91 Å². The number of aromatic amines is 1. The number of H-pyrrole nitrogens is 1. The number of carbonyl (C=O) groups is 4. The molecule has 4 N–H and O–H groups in total. The van der Waals surface area contributed by atoms with Gasteiger partial charge >= 0.3 is 6.03 Å². The first-order valence-corrected chi connectivity index (χ1v) is 18.6. The minimum atomic E-state index is -0.594. The zero-order valence-corrected chi connectivity index (χ0v) is 30.9. The van der Waals surface area contributed by atoms with E-state index in [1.165, 1.54) is 0 Å². The predicted octanol–water partition coefficient (Wildman–Crippen LogP) is 7.02. The molecule has 2 aromatic heterocycles. The number of anilines is 2. The van der Waals surface area contributed by atoms with Gasteiger partial charge in [0, 0.05) is 53.1 Å². The van der Waals surface area contributed by atoms with Gasteiger partial charge in [-0.05, 0) is 79.3 Å². The summed E-state index contributed by atoms with van der Waals surface area (Å²) in [7, 11) is 0. The highest BCUT2D eigenvalue weighted by Gasteiger charge is 2.39. The molecule has 0 spiro atoms. The van der Waals surface area contributed by atoms with E-state index in [9.17, 15) is 19.2 Å². The molecule has 4 heterocycles. The first-order valence-electron chi connectivity index (χ1n) is 18.6. The Labute approximate surface area is 313 Å². The molecule has 54 heavy (non-hydrogen) atoms. The highest BCUT2D eigenvalue weighted by molar-refractivity contribution is 6.05. The van der Waals surface area contributed by atoms with E-state index in [0.29, 0.717) is 36.6 Å². The molecule has 2 aliphatic rings. The Bertz CT molecular complexity index is 2180. The largest absolute Gasteiger partial charge is 0.494 e. The van der Waals surface area contributed by atoms with Crippen LogP contribution in [0.1, 0.15) is 92.9 Å². The standard InChI is InChI=1S/C41H46N8O5/c1-41(2,3)35-23-36(47-46-35)44-40(53)43-27-13-15-28(16-14-27)49-25-42-32-22-29(17-18-33(32)49)54-21-8-6-4-5-7-10-26-11-9-12-30-31(26)24-48(39(30)52)34-19-20-37(50)45-38(34)51/h9,11-18,22-23,25,34H,4-8,10,19-21,24H2,1-3H3,(H,45,50,51)(H3,43,44,46,47,53). The number of aryl methyl sites for hydroxylation is 1. The number of amides is 5. The summed E-state index contributed by atoms with van der Waals surface area (Å²) in [6.07, 6.45) is 8.46. The third kappa shape index (κ3) is 8.14. The van der Waals surface area contributed by atoms with Crippen molar-refractivity contribution in [3.63, 3.8) is 0 Å². The van der Waals surface area contributed by atoms with Crippen LogP contribution < -0.4 is 20.7 Å². The second kappa shape index (κ2) is 15.6. The van der Waals surface area contributed by atoms with E-state index in [-0.39, 0.29) is 35.6 Å². The highest BCUT2D eigenvalue weighted by Crippen LogP contribution is 2.31. The maximum atomic E-state index is 13.1. The molecular formula is C41H46N8O5. The number of fused-ring (bicyclic) bond motifs is 2. The topological polar surface area (TPSA) is 163 Å². The first kappa shape index (κ1) is 36.4. The van der Waals surface area contributed by atoms with Gasteiger partial charge in [0.15, 0.2) is 5.82 Å². The lowest BCUT2D eigenvalue weighted by Crippen LogP contribution is -2.52. The number of hydrogen-bond donors (Lipinski definition) is 4. The lowest BCUT2D eigenvalue weighted by molar-refractivity contribution is -0.136. The molecule has 0 radical (unpaired) electrons. The maximum Gasteiger partial charge on any atom is 0.324 e. The molecule has 0 saturated carbocycles. The van der Waals surface area contributed by atoms with Crippen molar-refractivity contribution in [1.29, 1.82) is 0 Å². The fourth-order valence-corrected chi connectivity index (χ4v) is 7.06. The van der Waals surface area contributed by atoms with E-state index >= 15 is 0 Å². The zero-order chi connectivity index (χ0) is 37.8. The summed E-state index contributed by atoms with van der Waals surface area (Å²) in [6, 6.07) is 20.2. The molecule has 1 atom stereocenters. The monoisotopic (exact) mass is 730 g/mol. The van der Waals surface area contributed by atoms with Gasteiger partial charge in [0.1, 0.15) is 18.1 Å². The summed E-state index contributed by atoms with van der Waals surface area (Å²) in [5.41, 5.74) is 7.03.